The molecule has 5 rings (SSSR count). The largest absolute Gasteiger partial charge is 0.497 e. The van der Waals surface area contributed by atoms with Crippen LogP contribution in [0.25, 0.3) is 17.1 Å². The number of ether oxygens (including phenoxy) is 4. The fourth-order valence-corrected chi connectivity index (χ4v) is 3.89. The van der Waals surface area contributed by atoms with Crippen molar-refractivity contribution >= 4 is 17.1 Å². The molecule has 0 aliphatic heterocycles. The summed E-state index contributed by atoms with van der Waals surface area (Å²) in [5.74, 6) is 1.43. The van der Waals surface area contributed by atoms with Gasteiger partial charge in [0.15, 0.2) is 11.2 Å². The lowest BCUT2D eigenvalue weighted by atomic mass is 10.2. The van der Waals surface area contributed by atoms with Gasteiger partial charge in [-0.25, -0.2) is 14.5 Å². The van der Waals surface area contributed by atoms with Crippen molar-refractivity contribution in [3.8, 4) is 23.3 Å². The van der Waals surface area contributed by atoms with Gasteiger partial charge in [0.25, 0.3) is 5.95 Å². The van der Waals surface area contributed by atoms with Crippen molar-refractivity contribution in [3.63, 3.8) is 0 Å². The Balaban J connectivity index is 1.55. The first-order valence-corrected chi connectivity index (χ1v) is 11.9. The number of rotatable bonds is 10. The molecule has 0 amide bonds. The molecule has 194 valence electrons. The van der Waals surface area contributed by atoms with Crippen LogP contribution in [0.4, 0.5) is 0 Å². The van der Waals surface area contributed by atoms with Gasteiger partial charge in [-0.3, -0.25) is 0 Å². The molecular formula is C27H26N6O5. The third-order valence-electron chi connectivity index (χ3n) is 5.71. The highest BCUT2D eigenvalue weighted by Crippen LogP contribution is 2.27. The predicted octanol–water partition coefficient (Wildman–Crippen LogP) is 3.83. The van der Waals surface area contributed by atoms with Crippen LogP contribution in [-0.2, 0) is 17.9 Å². The van der Waals surface area contributed by atoms with Crippen molar-refractivity contribution in [2.45, 2.75) is 20.1 Å². The highest BCUT2D eigenvalue weighted by atomic mass is 16.5. The number of imidazole rings is 1. The SMILES string of the molecule is CCOC(=O)c1cnn(-c2nc(OCc3ccccc3)c3c(ncn3Cc3cc(OC)cc(OC)c3)n2)c1. The lowest BCUT2D eigenvalue weighted by Crippen LogP contribution is -2.08. The zero-order valence-electron chi connectivity index (χ0n) is 21.2. The number of methoxy groups -OCH3 is 2. The summed E-state index contributed by atoms with van der Waals surface area (Å²) in [7, 11) is 3.22. The van der Waals surface area contributed by atoms with E-state index < -0.39 is 5.97 Å². The first-order chi connectivity index (χ1) is 18.6. The summed E-state index contributed by atoms with van der Waals surface area (Å²) in [6.45, 7) is 2.75. The quantitative estimate of drug-likeness (QED) is 0.256. The van der Waals surface area contributed by atoms with Crippen molar-refractivity contribution in [1.29, 1.82) is 0 Å². The molecule has 3 aromatic heterocycles. The Hall–Kier alpha value is -4.93. The summed E-state index contributed by atoms with van der Waals surface area (Å²) in [5.41, 5.74) is 3.24. The van der Waals surface area contributed by atoms with E-state index in [0.29, 0.717) is 40.7 Å². The minimum Gasteiger partial charge on any atom is -0.497 e. The van der Waals surface area contributed by atoms with Crippen LogP contribution in [0.1, 0.15) is 28.4 Å². The van der Waals surface area contributed by atoms with E-state index in [0.717, 1.165) is 11.1 Å². The zero-order chi connectivity index (χ0) is 26.5. The van der Waals surface area contributed by atoms with Crippen LogP contribution in [0.5, 0.6) is 17.4 Å². The van der Waals surface area contributed by atoms with Gasteiger partial charge in [0.05, 0.1) is 38.9 Å². The standard InChI is InChI=1S/C27H26N6O5/c1-4-37-26(34)20-13-29-33(15-20)27-30-24-23(25(31-27)38-16-18-8-6-5-7-9-18)32(17-28-24)14-19-10-21(35-2)12-22(11-19)36-3/h5-13,15,17H,4,14,16H2,1-3H3. The van der Waals surface area contributed by atoms with E-state index in [1.54, 1.807) is 27.5 Å². The normalized spacial score (nSPS) is 10.9. The molecule has 0 spiro atoms. The van der Waals surface area contributed by atoms with Gasteiger partial charge in [0.2, 0.25) is 5.88 Å². The van der Waals surface area contributed by atoms with Crippen molar-refractivity contribution in [3.05, 3.63) is 83.9 Å². The van der Waals surface area contributed by atoms with E-state index in [1.165, 1.54) is 17.1 Å². The third kappa shape index (κ3) is 5.26. The first-order valence-electron chi connectivity index (χ1n) is 11.9. The Morgan fingerprint density at radius 1 is 0.974 bits per heavy atom. The number of nitrogens with zero attached hydrogens (tertiary/aromatic N) is 6. The number of fused-ring (bicyclic) bond motifs is 1. The van der Waals surface area contributed by atoms with E-state index in [1.807, 2.05) is 53.1 Å². The molecule has 38 heavy (non-hydrogen) atoms. The van der Waals surface area contributed by atoms with Gasteiger partial charge < -0.3 is 23.5 Å². The maximum atomic E-state index is 12.1. The number of hydrogen-bond acceptors (Lipinski definition) is 9. The van der Waals surface area contributed by atoms with Crippen molar-refractivity contribution in [1.82, 2.24) is 29.3 Å². The van der Waals surface area contributed by atoms with Crippen LogP contribution in [0.2, 0.25) is 0 Å². The van der Waals surface area contributed by atoms with Gasteiger partial charge in [0, 0.05) is 18.8 Å². The van der Waals surface area contributed by atoms with E-state index in [9.17, 15) is 4.79 Å². The lowest BCUT2D eigenvalue weighted by Gasteiger charge is -2.12. The molecule has 0 aliphatic rings. The summed E-state index contributed by atoms with van der Waals surface area (Å²) < 4.78 is 25.4. The second kappa shape index (κ2) is 11.0. The summed E-state index contributed by atoms with van der Waals surface area (Å²) in [4.78, 5) is 25.9. The highest BCUT2D eigenvalue weighted by molar-refractivity contribution is 5.88. The van der Waals surface area contributed by atoms with Crippen LogP contribution in [0.3, 0.4) is 0 Å². The average Bonchev–Trinajstić information content (AvgIpc) is 3.60. The van der Waals surface area contributed by atoms with Crippen molar-refractivity contribution in [2.24, 2.45) is 0 Å². The molecule has 0 saturated heterocycles. The van der Waals surface area contributed by atoms with Crippen LogP contribution in [0.15, 0.2) is 67.3 Å². The second-order valence-corrected chi connectivity index (χ2v) is 8.26. The topological polar surface area (TPSA) is 115 Å². The molecule has 11 nitrogen and oxygen atoms in total. The van der Waals surface area contributed by atoms with Gasteiger partial charge in [-0.1, -0.05) is 30.3 Å². The van der Waals surface area contributed by atoms with Gasteiger partial charge in [-0.15, -0.1) is 0 Å². The molecule has 0 bridgehead atoms. The molecular weight excluding hydrogens is 488 g/mol. The zero-order valence-corrected chi connectivity index (χ0v) is 21.2. The molecule has 3 heterocycles. The number of aromatic nitrogens is 6. The van der Waals surface area contributed by atoms with Gasteiger partial charge >= 0.3 is 5.97 Å². The lowest BCUT2D eigenvalue weighted by molar-refractivity contribution is 0.0526. The Bertz CT molecular complexity index is 1540. The van der Waals surface area contributed by atoms with E-state index in [4.69, 9.17) is 18.9 Å². The minimum absolute atomic E-state index is 0.212. The van der Waals surface area contributed by atoms with E-state index in [-0.39, 0.29) is 19.2 Å². The molecule has 0 saturated carbocycles. The Kier molecular flexibility index (Phi) is 7.16. The average molecular weight is 515 g/mol. The molecule has 5 aromatic rings. The third-order valence-corrected chi connectivity index (χ3v) is 5.71. The van der Waals surface area contributed by atoms with Crippen LogP contribution >= 0.6 is 0 Å². The van der Waals surface area contributed by atoms with E-state index in [2.05, 4.69) is 20.1 Å². The summed E-state index contributed by atoms with van der Waals surface area (Å²) >= 11 is 0. The molecule has 11 heteroatoms. The maximum absolute atomic E-state index is 12.1. The Morgan fingerprint density at radius 3 is 2.45 bits per heavy atom. The summed E-state index contributed by atoms with van der Waals surface area (Å²) in [6.07, 6.45) is 4.60. The summed E-state index contributed by atoms with van der Waals surface area (Å²) in [5, 5.41) is 4.24. The molecule has 0 radical (unpaired) electrons. The molecule has 2 aromatic carbocycles. The molecule has 0 atom stereocenters. The molecule has 0 N–H and O–H groups in total. The second-order valence-electron chi connectivity index (χ2n) is 8.26. The minimum atomic E-state index is -0.474. The predicted molar refractivity (Wildman–Crippen MR) is 138 cm³/mol. The van der Waals surface area contributed by atoms with Gasteiger partial charge in [-0.2, -0.15) is 15.1 Å². The first kappa shape index (κ1) is 24.8. The molecule has 0 fully saturated rings. The fraction of sp³-hybridized carbons (Fsp3) is 0.222. The van der Waals surface area contributed by atoms with Crippen LogP contribution < -0.4 is 14.2 Å². The number of hydrogen-bond donors (Lipinski definition) is 0. The fourth-order valence-electron chi connectivity index (χ4n) is 3.89. The maximum Gasteiger partial charge on any atom is 0.341 e. The van der Waals surface area contributed by atoms with Gasteiger partial charge in [0.1, 0.15) is 18.1 Å². The smallest absolute Gasteiger partial charge is 0.341 e. The summed E-state index contributed by atoms with van der Waals surface area (Å²) in [6, 6.07) is 15.4. The number of benzene rings is 2. The monoisotopic (exact) mass is 514 g/mol. The Labute approximate surface area is 218 Å². The Morgan fingerprint density at radius 2 is 1.74 bits per heavy atom. The van der Waals surface area contributed by atoms with Crippen LogP contribution in [-0.4, -0.2) is 56.1 Å². The van der Waals surface area contributed by atoms with Crippen LogP contribution in [0, 0.1) is 0 Å². The number of esters is 1. The number of carbonyl (C=O) groups excluding carboxylic acids is 1. The van der Waals surface area contributed by atoms with Crippen molar-refractivity contribution < 1.29 is 23.7 Å². The molecule has 0 aliphatic carbocycles. The van der Waals surface area contributed by atoms with Crippen molar-refractivity contribution in [2.75, 3.05) is 20.8 Å². The van der Waals surface area contributed by atoms with E-state index >= 15 is 0 Å². The van der Waals surface area contributed by atoms with Gasteiger partial charge in [-0.05, 0) is 30.2 Å². The number of carbonyl (C=O) groups is 1. The highest BCUT2D eigenvalue weighted by Gasteiger charge is 2.19. The molecule has 0 unspecified atom stereocenters.